The maximum absolute atomic E-state index is 9.06. The molecule has 0 bridgehead atoms. The predicted octanol–water partition coefficient (Wildman–Crippen LogP) is 2.63. The van der Waals surface area contributed by atoms with Crippen LogP contribution in [-0.4, -0.2) is 0 Å². The highest BCUT2D eigenvalue weighted by Gasteiger charge is 2.09. The van der Waals surface area contributed by atoms with E-state index in [0.717, 1.165) is 11.3 Å². The van der Waals surface area contributed by atoms with Crippen molar-refractivity contribution in [3.05, 3.63) is 60.1 Å². The van der Waals surface area contributed by atoms with Gasteiger partial charge in [0.25, 0.3) is 0 Å². The third kappa shape index (κ3) is 2.50. The fourth-order valence-electron chi connectivity index (χ4n) is 1.50. The highest BCUT2D eigenvalue weighted by atomic mass is 16.3. The summed E-state index contributed by atoms with van der Waals surface area (Å²) in [6.45, 7) is 0.556. The van der Waals surface area contributed by atoms with Gasteiger partial charge in [0, 0.05) is 0 Å². The molecule has 1 aromatic heterocycles. The number of nitrogens with zero attached hydrogens (tertiary/aromatic N) is 1. The molecule has 0 aliphatic rings. The lowest BCUT2D eigenvalue weighted by Gasteiger charge is -2.10. The van der Waals surface area contributed by atoms with Crippen LogP contribution in [0.25, 0.3) is 0 Å². The lowest BCUT2D eigenvalue weighted by molar-refractivity contribution is 0.473. The maximum atomic E-state index is 9.06. The molecule has 80 valence electrons. The second kappa shape index (κ2) is 5.15. The minimum absolute atomic E-state index is 0.300. The third-order valence-electron chi connectivity index (χ3n) is 2.32. The molecule has 2 aromatic rings. The van der Waals surface area contributed by atoms with Crippen LogP contribution in [0, 0.1) is 11.3 Å². The Kier molecular flexibility index (Phi) is 3.37. The van der Waals surface area contributed by atoms with E-state index in [9.17, 15) is 0 Å². The first-order valence-electron chi connectivity index (χ1n) is 5.10. The molecule has 0 radical (unpaired) electrons. The summed E-state index contributed by atoms with van der Waals surface area (Å²) in [7, 11) is 0. The maximum Gasteiger partial charge on any atom is 0.121 e. The molecule has 0 saturated carbocycles. The SMILES string of the molecule is N#CC(NCc1ccco1)c1ccccc1. The van der Waals surface area contributed by atoms with Crippen molar-refractivity contribution in [1.82, 2.24) is 5.32 Å². The van der Waals surface area contributed by atoms with E-state index in [2.05, 4.69) is 11.4 Å². The Bertz CT molecular complexity index is 456. The largest absolute Gasteiger partial charge is 0.468 e. The number of hydrogen-bond acceptors (Lipinski definition) is 3. The average Bonchev–Trinajstić information content (AvgIpc) is 2.84. The van der Waals surface area contributed by atoms with Crippen molar-refractivity contribution in [2.45, 2.75) is 12.6 Å². The van der Waals surface area contributed by atoms with E-state index in [4.69, 9.17) is 9.68 Å². The molecule has 0 aliphatic heterocycles. The van der Waals surface area contributed by atoms with Gasteiger partial charge in [0.2, 0.25) is 0 Å². The number of nitrogens with one attached hydrogen (secondary N) is 1. The molecule has 0 amide bonds. The van der Waals surface area contributed by atoms with Crippen molar-refractivity contribution in [1.29, 1.82) is 5.26 Å². The minimum Gasteiger partial charge on any atom is -0.468 e. The molecular weight excluding hydrogens is 200 g/mol. The quantitative estimate of drug-likeness (QED) is 0.847. The molecule has 0 saturated heterocycles. The molecule has 0 aliphatic carbocycles. The Morgan fingerprint density at radius 2 is 2.00 bits per heavy atom. The van der Waals surface area contributed by atoms with E-state index in [1.165, 1.54) is 0 Å². The first-order chi connectivity index (χ1) is 7.90. The van der Waals surface area contributed by atoms with Gasteiger partial charge in [-0.2, -0.15) is 5.26 Å². The van der Waals surface area contributed by atoms with Gasteiger partial charge in [0.15, 0.2) is 0 Å². The van der Waals surface area contributed by atoms with E-state index < -0.39 is 0 Å². The van der Waals surface area contributed by atoms with E-state index in [-0.39, 0.29) is 6.04 Å². The van der Waals surface area contributed by atoms with Crippen LogP contribution in [0.3, 0.4) is 0 Å². The van der Waals surface area contributed by atoms with Crippen LogP contribution in [-0.2, 0) is 6.54 Å². The summed E-state index contributed by atoms with van der Waals surface area (Å²) in [5.41, 5.74) is 0.969. The van der Waals surface area contributed by atoms with Crippen molar-refractivity contribution >= 4 is 0 Å². The molecule has 16 heavy (non-hydrogen) atoms. The van der Waals surface area contributed by atoms with E-state index >= 15 is 0 Å². The molecule has 2 rings (SSSR count). The van der Waals surface area contributed by atoms with Crippen molar-refractivity contribution < 1.29 is 4.42 Å². The molecule has 0 fully saturated rings. The van der Waals surface area contributed by atoms with Gasteiger partial charge in [-0.05, 0) is 17.7 Å². The molecular formula is C13H12N2O. The first kappa shape index (κ1) is 10.5. The summed E-state index contributed by atoms with van der Waals surface area (Å²) in [6, 6.07) is 15.3. The van der Waals surface area contributed by atoms with Crippen molar-refractivity contribution in [3.8, 4) is 6.07 Å². The number of benzene rings is 1. The molecule has 3 heteroatoms. The predicted molar refractivity (Wildman–Crippen MR) is 60.3 cm³/mol. The van der Waals surface area contributed by atoms with Crippen LogP contribution in [0.1, 0.15) is 17.4 Å². The second-order valence-electron chi connectivity index (χ2n) is 3.43. The smallest absolute Gasteiger partial charge is 0.121 e. The Morgan fingerprint density at radius 1 is 1.19 bits per heavy atom. The number of nitriles is 1. The fraction of sp³-hybridized carbons (Fsp3) is 0.154. The van der Waals surface area contributed by atoms with Crippen molar-refractivity contribution in [2.75, 3.05) is 0 Å². The highest BCUT2D eigenvalue weighted by Crippen LogP contribution is 2.12. The monoisotopic (exact) mass is 212 g/mol. The fourth-order valence-corrected chi connectivity index (χ4v) is 1.50. The lowest BCUT2D eigenvalue weighted by atomic mass is 10.1. The standard InChI is InChI=1S/C13H12N2O/c14-9-13(11-5-2-1-3-6-11)15-10-12-7-4-8-16-12/h1-8,13,15H,10H2. The summed E-state index contributed by atoms with van der Waals surface area (Å²) in [5.74, 6) is 0.830. The molecule has 3 nitrogen and oxygen atoms in total. The van der Waals surface area contributed by atoms with Gasteiger partial charge >= 0.3 is 0 Å². The van der Waals surface area contributed by atoms with Gasteiger partial charge in [-0.15, -0.1) is 0 Å². The number of furan rings is 1. The summed E-state index contributed by atoms with van der Waals surface area (Å²) in [5, 5.41) is 12.2. The van der Waals surface area contributed by atoms with Crippen molar-refractivity contribution in [2.24, 2.45) is 0 Å². The average molecular weight is 212 g/mol. The lowest BCUT2D eigenvalue weighted by Crippen LogP contribution is -2.18. The zero-order valence-corrected chi connectivity index (χ0v) is 8.76. The van der Waals surface area contributed by atoms with Crippen LogP contribution in [0.2, 0.25) is 0 Å². The zero-order valence-electron chi connectivity index (χ0n) is 8.76. The van der Waals surface area contributed by atoms with E-state index in [0.29, 0.717) is 6.54 Å². The van der Waals surface area contributed by atoms with Crippen LogP contribution >= 0.6 is 0 Å². The van der Waals surface area contributed by atoms with Gasteiger partial charge in [-0.25, -0.2) is 0 Å². The van der Waals surface area contributed by atoms with Crippen LogP contribution in [0.15, 0.2) is 53.1 Å². The topological polar surface area (TPSA) is 49.0 Å². The van der Waals surface area contributed by atoms with Gasteiger partial charge in [-0.3, -0.25) is 5.32 Å². The van der Waals surface area contributed by atoms with Crippen LogP contribution in [0.4, 0.5) is 0 Å². The van der Waals surface area contributed by atoms with Crippen molar-refractivity contribution in [3.63, 3.8) is 0 Å². The molecule has 1 atom stereocenters. The Balaban J connectivity index is 2.00. The molecule has 1 aromatic carbocycles. The van der Waals surface area contributed by atoms with Gasteiger partial charge in [0.05, 0.1) is 18.9 Å². The molecule has 1 N–H and O–H groups in total. The first-order valence-corrected chi connectivity index (χ1v) is 5.10. The van der Waals surface area contributed by atoms with E-state index in [1.54, 1.807) is 6.26 Å². The summed E-state index contributed by atoms with van der Waals surface area (Å²) >= 11 is 0. The molecule has 0 spiro atoms. The number of rotatable bonds is 4. The van der Waals surface area contributed by atoms with E-state index in [1.807, 2.05) is 42.5 Å². The Labute approximate surface area is 94.3 Å². The Hall–Kier alpha value is -2.05. The van der Waals surface area contributed by atoms with Crippen LogP contribution < -0.4 is 5.32 Å². The third-order valence-corrected chi connectivity index (χ3v) is 2.32. The van der Waals surface area contributed by atoms with Crippen LogP contribution in [0.5, 0.6) is 0 Å². The summed E-state index contributed by atoms with van der Waals surface area (Å²) in [6.07, 6.45) is 1.63. The molecule has 1 heterocycles. The number of hydrogen-bond donors (Lipinski definition) is 1. The zero-order chi connectivity index (χ0) is 11.2. The van der Waals surface area contributed by atoms with Gasteiger partial charge in [0.1, 0.15) is 11.8 Å². The summed E-state index contributed by atoms with van der Waals surface area (Å²) in [4.78, 5) is 0. The second-order valence-corrected chi connectivity index (χ2v) is 3.43. The van der Waals surface area contributed by atoms with Gasteiger partial charge < -0.3 is 4.42 Å². The Morgan fingerprint density at radius 3 is 2.62 bits per heavy atom. The minimum atomic E-state index is -0.300. The normalized spacial score (nSPS) is 11.9. The summed E-state index contributed by atoms with van der Waals surface area (Å²) < 4.78 is 5.19. The van der Waals surface area contributed by atoms with Gasteiger partial charge in [-0.1, -0.05) is 30.3 Å². The molecule has 1 unspecified atom stereocenters. The highest BCUT2D eigenvalue weighted by molar-refractivity contribution is 5.23.